The van der Waals surface area contributed by atoms with Crippen molar-refractivity contribution in [2.45, 2.75) is 5.92 Å². The molecule has 0 aliphatic carbocycles. The predicted octanol–water partition coefficient (Wildman–Crippen LogP) is 4.38. The maximum Gasteiger partial charge on any atom is 0.289 e. The number of nitrogens with zero attached hydrogens (tertiary/aromatic N) is 3. The molecule has 29 heavy (non-hydrogen) atoms. The molecule has 5 rings (SSSR count). The minimum absolute atomic E-state index is 0.00158. The van der Waals surface area contributed by atoms with Gasteiger partial charge < -0.3 is 18.6 Å². The third-order valence-electron chi connectivity index (χ3n) is 4.98. The molecule has 0 unspecified atom stereocenters. The number of carbonyl (C=O) groups excluding carboxylic acids is 1. The van der Waals surface area contributed by atoms with Crippen LogP contribution in [0.3, 0.4) is 0 Å². The lowest BCUT2D eigenvalue weighted by Crippen LogP contribution is -2.48. The number of benzene rings is 2. The Bertz CT molecular complexity index is 1210. The molecule has 4 aromatic rings. The predicted molar refractivity (Wildman–Crippen MR) is 106 cm³/mol. The quantitative estimate of drug-likeness (QED) is 0.497. The molecule has 3 heterocycles. The number of hydrogen-bond donors (Lipinski definition) is 0. The van der Waals surface area contributed by atoms with Gasteiger partial charge in [-0.2, -0.15) is 4.98 Å². The van der Waals surface area contributed by atoms with E-state index in [1.54, 1.807) is 36.3 Å². The summed E-state index contributed by atoms with van der Waals surface area (Å²) >= 11 is 6.02. The van der Waals surface area contributed by atoms with Gasteiger partial charge in [0.15, 0.2) is 17.1 Å². The third-order valence-corrected chi connectivity index (χ3v) is 5.22. The van der Waals surface area contributed by atoms with E-state index in [-0.39, 0.29) is 17.6 Å². The minimum Gasteiger partial charge on any atom is -0.493 e. The van der Waals surface area contributed by atoms with Crippen LogP contribution in [-0.2, 0) is 0 Å². The molecule has 2 aromatic carbocycles. The summed E-state index contributed by atoms with van der Waals surface area (Å²) in [5, 5.41) is 5.46. The van der Waals surface area contributed by atoms with E-state index in [0.29, 0.717) is 41.2 Å². The van der Waals surface area contributed by atoms with Gasteiger partial charge in [0.25, 0.3) is 5.91 Å². The van der Waals surface area contributed by atoms with Crippen LogP contribution in [-0.4, -0.2) is 41.1 Å². The molecule has 0 bridgehead atoms. The zero-order chi connectivity index (χ0) is 20.0. The Hall–Kier alpha value is -3.32. The Kier molecular flexibility index (Phi) is 4.24. The second-order valence-corrected chi connectivity index (χ2v) is 7.30. The standard InChI is InChI=1S/C21H16ClN3O4/c1-27-16-7-3-4-12-9-17(28-18(12)16)21(26)25-10-14(11-25)20-23-19(24-29-20)13-5-2-6-15(22)8-13/h2-9,14H,10-11H2,1H3. The fraction of sp³-hybridized carbons (Fsp3) is 0.190. The fourth-order valence-corrected chi connectivity index (χ4v) is 3.60. The molecule has 1 aliphatic heterocycles. The molecule has 0 radical (unpaired) electrons. The average Bonchev–Trinajstić information content (AvgIpc) is 3.34. The number of carbonyl (C=O) groups is 1. The van der Waals surface area contributed by atoms with Crippen LogP contribution in [0.1, 0.15) is 22.4 Å². The van der Waals surface area contributed by atoms with Gasteiger partial charge in [-0.05, 0) is 24.3 Å². The Morgan fingerprint density at radius 1 is 1.21 bits per heavy atom. The monoisotopic (exact) mass is 409 g/mol. The first-order chi connectivity index (χ1) is 14.1. The van der Waals surface area contributed by atoms with Crippen molar-refractivity contribution in [3.63, 3.8) is 0 Å². The number of amides is 1. The third kappa shape index (κ3) is 3.13. The van der Waals surface area contributed by atoms with Crippen molar-refractivity contribution in [3.8, 4) is 17.1 Å². The summed E-state index contributed by atoms with van der Waals surface area (Å²) in [5.41, 5.74) is 1.36. The molecule has 146 valence electrons. The Labute approximate surface area is 170 Å². The smallest absolute Gasteiger partial charge is 0.289 e. The SMILES string of the molecule is COc1cccc2cc(C(=O)N3CC(c4nc(-c5cccc(Cl)c5)no4)C3)oc12. The maximum absolute atomic E-state index is 12.7. The number of rotatable bonds is 4. The molecular formula is C21H16ClN3O4. The van der Waals surface area contributed by atoms with Gasteiger partial charge in [0.2, 0.25) is 11.7 Å². The van der Waals surface area contributed by atoms with Crippen molar-refractivity contribution in [2.75, 3.05) is 20.2 Å². The molecule has 1 aliphatic rings. The summed E-state index contributed by atoms with van der Waals surface area (Å²) in [6, 6.07) is 14.5. The topological polar surface area (TPSA) is 81.6 Å². The van der Waals surface area contributed by atoms with Gasteiger partial charge in [-0.3, -0.25) is 4.79 Å². The summed E-state index contributed by atoms with van der Waals surface area (Å²) in [6.45, 7) is 0.981. The van der Waals surface area contributed by atoms with E-state index in [0.717, 1.165) is 10.9 Å². The number of para-hydroxylation sites is 1. The van der Waals surface area contributed by atoms with E-state index in [2.05, 4.69) is 10.1 Å². The van der Waals surface area contributed by atoms with Crippen LogP contribution >= 0.6 is 11.6 Å². The molecule has 2 aromatic heterocycles. The number of likely N-dealkylation sites (tertiary alicyclic amines) is 1. The highest BCUT2D eigenvalue weighted by Gasteiger charge is 2.37. The molecule has 8 heteroatoms. The average molecular weight is 410 g/mol. The number of fused-ring (bicyclic) bond motifs is 1. The van der Waals surface area contributed by atoms with Gasteiger partial charge in [0, 0.05) is 29.1 Å². The number of halogens is 1. The van der Waals surface area contributed by atoms with Gasteiger partial charge in [-0.1, -0.05) is 41.0 Å². The lowest BCUT2D eigenvalue weighted by molar-refractivity contribution is 0.0539. The number of methoxy groups -OCH3 is 1. The van der Waals surface area contributed by atoms with Crippen molar-refractivity contribution in [1.82, 2.24) is 15.0 Å². The second kappa shape index (κ2) is 6.93. The summed E-state index contributed by atoms with van der Waals surface area (Å²) in [4.78, 5) is 18.9. The molecule has 1 amide bonds. The second-order valence-electron chi connectivity index (χ2n) is 6.86. The van der Waals surface area contributed by atoms with E-state index in [9.17, 15) is 4.79 Å². The lowest BCUT2D eigenvalue weighted by Gasteiger charge is -2.36. The van der Waals surface area contributed by atoms with E-state index < -0.39 is 0 Å². The highest BCUT2D eigenvalue weighted by molar-refractivity contribution is 6.30. The van der Waals surface area contributed by atoms with Crippen molar-refractivity contribution in [1.29, 1.82) is 0 Å². The van der Waals surface area contributed by atoms with Crippen LogP contribution in [0.5, 0.6) is 5.75 Å². The first kappa shape index (κ1) is 17.8. The minimum atomic E-state index is -0.172. The number of hydrogen-bond acceptors (Lipinski definition) is 6. The van der Waals surface area contributed by atoms with Crippen molar-refractivity contribution in [3.05, 3.63) is 65.2 Å². The molecule has 0 spiro atoms. The Balaban J connectivity index is 1.29. The van der Waals surface area contributed by atoms with E-state index in [4.69, 9.17) is 25.3 Å². The summed E-state index contributed by atoms with van der Waals surface area (Å²) in [6.07, 6.45) is 0. The summed E-state index contributed by atoms with van der Waals surface area (Å²) < 4.78 is 16.4. The first-order valence-corrected chi connectivity index (χ1v) is 9.45. The maximum atomic E-state index is 12.7. The molecule has 0 N–H and O–H groups in total. The van der Waals surface area contributed by atoms with Crippen LogP contribution in [0.2, 0.25) is 5.02 Å². The van der Waals surface area contributed by atoms with Gasteiger partial charge >= 0.3 is 0 Å². The van der Waals surface area contributed by atoms with Crippen LogP contribution < -0.4 is 4.74 Å². The van der Waals surface area contributed by atoms with Crippen molar-refractivity contribution in [2.24, 2.45) is 0 Å². The van der Waals surface area contributed by atoms with Gasteiger partial charge in [-0.15, -0.1) is 0 Å². The largest absolute Gasteiger partial charge is 0.493 e. The van der Waals surface area contributed by atoms with E-state index >= 15 is 0 Å². The molecule has 1 fully saturated rings. The molecule has 0 saturated carbocycles. The fourth-order valence-electron chi connectivity index (χ4n) is 3.40. The molecular weight excluding hydrogens is 394 g/mol. The molecule has 1 saturated heterocycles. The van der Waals surface area contributed by atoms with Crippen LogP contribution in [0.15, 0.2) is 57.5 Å². The van der Waals surface area contributed by atoms with Crippen LogP contribution in [0.4, 0.5) is 0 Å². The normalized spacial score (nSPS) is 14.2. The molecule has 7 nitrogen and oxygen atoms in total. The van der Waals surface area contributed by atoms with Crippen molar-refractivity contribution >= 4 is 28.5 Å². The Morgan fingerprint density at radius 2 is 2.03 bits per heavy atom. The zero-order valence-electron chi connectivity index (χ0n) is 15.5. The van der Waals surface area contributed by atoms with Gasteiger partial charge in [0.1, 0.15) is 0 Å². The number of furan rings is 1. The zero-order valence-corrected chi connectivity index (χ0v) is 16.2. The van der Waals surface area contributed by atoms with Crippen LogP contribution in [0, 0.1) is 0 Å². The van der Waals surface area contributed by atoms with Crippen LogP contribution in [0.25, 0.3) is 22.4 Å². The van der Waals surface area contributed by atoms with Crippen molar-refractivity contribution < 1.29 is 18.5 Å². The highest BCUT2D eigenvalue weighted by atomic mass is 35.5. The molecule has 0 atom stereocenters. The lowest BCUT2D eigenvalue weighted by atomic mass is 10.00. The highest BCUT2D eigenvalue weighted by Crippen LogP contribution is 2.32. The first-order valence-electron chi connectivity index (χ1n) is 9.08. The van der Waals surface area contributed by atoms with E-state index in [1.807, 2.05) is 24.3 Å². The number of ether oxygens (including phenoxy) is 1. The van der Waals surface area contributed by atoms with Gasteiger partial charge in [-0.25, -0.2) is 0 Å². The number of aromatic nitrogens is 2. The van der Waals surface area contributed by atoms with E-state index in [1.165, 1.54) is 0 Å². The van der Waals surface area contributed by atoms with Gasteiger partial charge in [0.05, 0.1) is 13.0 Å². The summed E-state index contributed by atoms with van der Waals surface area (Å²) in [7, 11) is 1.57. The Morgan fingerprint density at radius 3 is 2.83 bits per heavy atom. The summed E-state index contributed by atoms with van der Waals surface area (Å²) in [5.74, 6) is 1.70.